The third kappa shape index (κ3) is 5.06. The number of anilines is 1. The van der Waals surface area contributed by atoms with E-state index in [4.69, 9.17) is 4.74 Å². The molecule has 0 aliphatic carbocycles. The Morgan fingerprint density at radius 3 is 2.87 bits per heavy atom. The largest absolute Gasteiger partial charge is 0.444 e. The summed E-state index contributed by atoms with van der Waals surface area (Å²) in [5.41, 5.74) is 2.38. The zero-order valence-electron chi connectivity index (χ0n) is 18.1. The summed E-state index contributed by atoms with van der Waals surface area (Å²) in [6.45, 7) is 7.42. The molecule has 2 bridgehead atoms. The molecule has 3 heterocycles. The first-order valence-corrected chi connectivity index (χ1v) is 10.1. The standard InChI is InChI=1S/C22H29N5O3/c1-6-14-8-7-9-16(26-21(29)30-22(2,3)4)17-12-15(10-11-23-17)19-18(25-20(14)28)13-24-27(19)5/h7-8,10-14,16H,6,9H2,1-5H3,(H,25,28)(H,26,29). The van der Waals surface area contributed by atoms with Crippen LogP contribution in [0.1, 0.15) is 52.3 Å². The van der Waals surface area contributed by atoms with Crippen LogP contribution in [0, 0.1) is 5.92 Å². The second-order valence-electron chi connectivity index (χ2n) is 8.37. The number of amides is 2. The summed E-state index contributed by atoms with van der Waals surface area (Å²) in [5, 5.41) is 10.2. The summed E-state index contributed by atoms with van der Waals surface area (Å²) >= 11 is 0. The molecule has 8 heteroatoms. The van der Waals surface area contributed by atoms with Crippen LogP contribution >= 0.6 is 0 Å². The van der Waals surface area contributed by atoms with Crippen molar-refractivity contribution in [2.45, 2.75) is 52.2 Å². The number of hydrogen-bond acceptors (Lipinski definition) is 5. The molecule has 0 spiro atoms. The molecule has 2 aromatic heterocycles. The van der Waals surface area contributed by atoms with Crippen molar-refractivity contribution in [1.82, 2.24) is 20.1 Å². The first kappa shape index (κ1) is 21.5. The van der Waals surface area contributed by atoms with Crippen molar-refractivity contribution in [3.63, 3.8) is 0 Å². The molecule has 1 aliphatic heterocycles. The van der Waals surface area contributed by atoms with Gasteiger partial charge in [-0.3, -0.25) is 14.5 Å². The van der Waals surface area contributed by atoms with Crippen LogP contribution in [0.3, 0.4) is 0 Å². The van der Waals surface area contributed by atoms with Gasteiger partial charge in [-0.2, -0.15) is 5.10 Å². The van der Waals surface area contributed by atoms with Crippen molar-refractivity contribution in [2.75, 3.05) is 5.32 Å². The van der Waals surface area contributed by atoms with E-state index in [-0.39, 0.29) is 11.8 Å². The van der Waals surface area contributed by atoms with Crippen LogP contribution in [0.25, 0.3) is 11.3 Å². The molecule has 2 aromatic rings. The van der Waals surface area contributed by atoms with Crippen LogP contribution in [-0.4, -0.2) is 32.4 Å². The van der Waals surface area contributed by atoms with Crippen LogP contribution < -0.4 is 10.6 Å². The highest BCUT2D eigenvalue weighted by Crippen LogP contribution is 2.30. The fourth-order valence-corrected chi connectivity index (χ4v) is 3.37. The molecule has 1 aliphatic rings. The van der Waals surface area contributed by atoms with Crippen molar-refractivity contribution in [3.8, 4) is 11.3 Å². The molecule has 160 valence electrons. The average Bonchev–Trinajstić information content (AvgIpc) is 3.02. The number of rotatable bonds is 2. The number of hydrogen-bond donors (Lipinski definition) is 2. The molecule has 30 heavy (non-hydrogen) atoms. The molecule has 2 unspecified atom stereocenters. The van der Waals surface area contributed by atoms with Crippen LogP contribution in [0.2, 0.25) is 0 Å². The summed E-state index contributed by atoms with van der Waals surface area (Å²) in [6.07, 6.45) is 7.76. The second kappa shape index (κ2) is 8.69. The minimum absolute atomic E-state index is 0.0884. The summed E-state index contributed by atoms with van der Waals surface area (Å²) in [5.74, 6) is -0.375. The molecular weight excluding hydrogens is 382 g/mol. The first-order chi connectivity index (χ1) is 14.2. The lowest BCUT2D eigenvalue weighted by Crippen LogP contribution is -2.35. The van der Waals surface area contributed by atoms with Crippen molar-refractivity contribution in [2.24, 2.45) is 13.0 Å². The van der Waals surface area contributed by atoms with E-state index < -0.39 is 17.7 Å². The summed E-state index contributed by atoms with van der Waals surface area (Å²) < 4.78 is 7.14. The Morgan fingerprint density at radius 2 is 2.17 bits per heavy atom. The van der Waals surface area contributed by atoms with E-state index >= 15 is 0 Å². The van der Waals surface area contributed by atoms with Gasteiger partial charge < -0.3 is 15.4 Å². The monoisotopic (exact) mass is 411 g/mol. The fourth-order valence-electron chi connectivity index (χ4n) is 3.37. The Kier molecular flexibility index (Phi) is 6.24. The van der Waals surface area contributed by atoms with Crippen LogP contribution in [0.5, 0.6) is 0 Å². The third-order valence-electron chi connectivity index (χ3n) is 4.82. The van der Waals surface area contributed by atoms with Gasteiger partial charge >= 0.3 is 6.09 Å². The van der Waals surface area contributed by atoms with Gasteiger partial charge in [0.1, 0.15) is 5.60 Å². The maximum Gasteiger partial charge on any atom is 0.408 e. The van der Waals surface area contributed by atoms with Gasteiger partial charge in [-0.1, -0.05) is 19.1 Å². The fraction of sp³-hybridized carbons (Fsp3) is 0.455. The number of carbonyl (C=O) groups is 2. The molecule has 0 saturated heterocycles. The van der Waals surface area contributed by atoms with Gasteiger partial charge in [-0.05, 0) is 45.7 Å². The lowest BCUT2D eigenvalue weighted by molar-refractivity contribution is -0.118. The van der Waals surface area contributed by atoms with Crippen molar-refractivity contribution in [1.29, 1.82) is 0 Å². The van der Waals surface area contributed by atoms with Crippen LogP contribution in [0.4, 0.5) is 10.5 Å². The lowest BCUT2D eigenvalue weighted by atomic mass is 10.00. The summed E-state index contributed by atoms with van der Waals surface area (Å²) in [7, 11) is 1.82. The van der Waals surface area contributed by atoms with Crippen LogP contribution in [0.15, 0.2) is 36.7 Å². The van der Waals surface area contributed by atoms with Crippen molar-refractivity contribution < 1.29 is 14.3 Å². The third-order valence-corrected chi connectivity index (χ3v) is 4.82. The quantitative estimate of drug-likeness (QED) is 0.729. The molecule has 3 rings (SSSR count). The molecule has 0 saturated carbocycles. The van der Waals surface area contributed by atoms with Gasteiger partial charge in [0, 0.05) is 18.8 Å². The Balaban J connectivity index is 2.03. The van der Waals surface area contributed by atoms with Gasteiger partial charge in [0.2, 0.25) is 5.91 Å². The predicted molar refractivity (Wildman–Crippen MR) is 115 cm³/mol. The number of nitrogens with one attached hydrogen (secondary N) is 2. The van der Waals surface area contributed by atoms with Gasteiger partial charge in [0.25, 0.3) is 0 Å². The Bertz CT molecular complexity index is 958. The van der Waals surface area contributed by atoms with E-state index in [1.807, 2.05) is 59.0 Å². The first-order valence-electron chi connectivity index (χ1n) is 10.1. The van der Waals surface area contributed by atoms with Gasteiger partial charge in [0.15, 0.2) is 0 Å². The van der Waals surface area contributed by atoms with Crippen LogP contribution in [-0.2, 0) is 16.6 Å². The number of pyridine rings is 1. The minimum atomic E-state index is -0.602. The van der Waals surface area contributed by atoms with Crippen molar-refractivity contribution in [3.05, 3.63) is 42.4 Å². The Morgan fingerprint density at radius 1 is 1.40 bits per heavy atom. The van der Waals surface area contributed by atoms with E-state index in [0.717, 1.165) is 11.3 Å². The molecule has 2 atom stereocenters. The summed E-state index contributed by atoms with van der Waals surface area (Å²) in [4.78, 5) is 29.7. The van der Waals surface area contributed by atoms with Crippen molar-refractivity contribution >= 4 is 17.7 Å². The molecule has 0 fully saturated rings. The highest BCUT2D eigenvalue weighted by molar-refractivity contribution is 5.96. The zero-order chi connectivity index (χ0) is 21.9. The number of nitrogens with zero attached hydrogens (tertiary/aromatic N) is 3. The predicted octanol–water partition coefficient (Wildman–Crippen LogP) is 3.97. The number of carbonyl (C=O) groups excluding carboxylic acids is 2. The SMILES string of the molecule is CCC1C=CCC(NC(=O)OC(C)(C)C)c2cc(ccn2)-c2c(cnn2C)NC1=O. The Hall–Kier alpha value is -3.16. The molecule has 2 N–H and O–H groups in total. The average molecular weight is 412 g/mol. The molecule has 0 aromatic carbocycles. The van der Waals surface area contributed by atoms with E-state index in [9.17, 15) is 9.59 Å². The summed E-state index contributed by atoms with van der Waals surface area (Å²) in [6, 6.07) is 3.37. The van der Waals surface area contributed by atoms with E-state index in [0.29, 0.717) is 24.2 Å². The molecular formula is C22H29N5O3. The molecule has 2 amide bonds. The number of ether oxygens (including phenoxy) is 1. The van der Waals surface area contributed by atoms with E-state index in [1.54, 1.807) is 17.1 Å². The smallest absolute Gasteiger partial charge is 0.408 e. The highest BCUT2D eigenvalue weighted by Gasteiger charge is 2.24. The molecule has 8 nitrogen and oxygen atoms in total. The van der Waals surface area contributed by atoms with E-state index in [1.165, 1.54) is 0 Å². The second-order valence-corrected chi connectivity index (χ2v) is 8.37. The number of aromatic nitrogens is 3. The number of alkyl carbamates (subject to hydrolysis) is 1. The zero-order valence-corrected chi connectivity index (χ0v) is 18.1. The van der Waals surface area contributed by atoms with E-state index in [2.05, 4.69) is 20.7 Å². The van der Waals surface area contributed by atoms with Gasteiger partial charge in [0.05, 0.1) is 35.2 Å². The topological polar surface area (TPSA) is 98.1 Å². The van der Waals surface area contributed by atoms with Gasteiger partial charge in [-0.15, -0.1) is 0 Å². The lowest BCUT2D eigenvalue weighted by Gasteiger charge is -2.23. The van der Waals surface area contributed by atoms with Gasteiger partial charge in [-0.25, -0.2) is 4.79 Å². The normalized spacial score (nSPS) is 19.2. The molecule has 0 radical (unpaired) electrons. The Labute approximate surface area is 176 Å². The number of aryl methyl sites for hydroxylation is 1. The highest BCUT2D eigenvalue weighted by atomic mass is 16.6. The maximum absolute atomic E-state index is 12.8. The number of fused-ring (bicyclic) bond motifs is 4. The minimum Gasteiger partial charge on any atom is -0.444 e. The maximum atomic E-state index is 12.8.